The molecule has 4 rings (SSSR count). The zero-order chi connectivity index (χ0) is 24.6. The van der Waals surface area contributed by atoms with Crippen LogP contribution in [0.3, 0.4) is 0 Å². The molecule has 0 spiro atoms. The topological polar surface area (TPSA) is 127 Å². The van der Waals surface area contributed by atoms with Crippen molar-refractivity contribution in [1.82, 2.24) is 25.1 Å². The van der Waals surface area contributed by atoms with Crippen LogP contribution >= 0.6 is 0 Å². The van der Waals surface area contributed by atoms with Gasteiger partial charge in [0, 0.05) is 30.5 Å². The average molecular weight is 476 g/mol. The predicted octanol–water partition coefficient (Wildman–Crippen LogP) is 3.72. The summed E-state index contributed by atoms with van der Waals surface area (Å²) in [6, 6.07) is 11.8. The Morgan fingerprint density at radius 2 is 2.00 bits per heavy atom. The quantitative estimate of drug-likeness (QED) is 0.202. The minimum absolute atomic E-state index is 0.106. The van der Waals surface area contributed by atoms with Gasteiger partial charge in [0.2, 0.25) is 5.95 Å². The van der Waals surface area contributed by atoms with Gasteiger partial charge < -0.3 is 15.3 Å². The molecule has 1 aromatic carbocycles. The van der Waals surface area contributed by atoms with Gasteiger partial charge >= 0.3 is 0 Å². The van der Waals surface area contributed by atoms with E-state index in [0.717, 1.165) is 34.4 Å². The predicted molar refractivity (Wildman–Crippen MR) is 134 cm³/mol. The largest absolute Gasteiger partial charge is 0.395 e. The SMILES string of the molecule is CCN(CCO)c1nc(N/N=C/c2ccc(Nc3ccc(-c4ccn[nH]4)c(C)c3)cn2)ncc1F. The summed E-state index contributed by atoms with van der Waals surface area (Å²) >= 11 is 0. The van der Waals surface area contributed by atoms with Gasteiger partial charge in [-0.1, -0.05) is 6.07 Å². The Kier molecular flexibility index (Phi) is 7.58. The van der Waals surface area contributed by atoms with Crippen LogP contribution < -0.4 is 15.6 Å². The van der Waals surface area contributed by atoms with Crippen LogP contribution in [0.2, 0.25) is 0 Å². The average Bonchev–Trinajstić information content (AvgIpc) is 3.40. The highest BCUT2D eigenvalue weighted by atomic mass is 19.1. The molecule has 11 heteroatoms. The van der Waals surface area contributed by atoms with E-state index >= 15 is 0 Å². The van der Waals surface area contributed by atoms with Crippen molar-refractivity contribution in [3.05, 3.63) is 72.1 Å². The van der Waals surface area contributed by atoms with Crippen molar-refractivity contribution >= 4 is 29.4 Å². The van der Waals surface area contributed by atoms with E-state index in [-0.39, 0.29) is 24.9 Å². The normalized spacial score (nSPS) is 11.1. The van der Waals surface area contributed by atoms with Crippen LogP contribution in [0, 0.1) is 12.7 Å². The van der Waals surface area contributed by atoms with Crippen molar-refractivity contribution < 1.29 is 9.50 Å². The first-order valence-corrected chi connectivity index (χ1v) is 11.1. The fourth-order valence-corrected chi connectivity index (χ4v) is 3.50. The van der Waals surface area contributed by atoms with Crippen LogP contribution in [-0.2, 0) is 0 Å². The number of hydrazone groups is 1. The summed E-state index contributed by atoms with van der Waals surface area (Å²) in [7, 11) is 0. The van der Waals surface area contributed by atoms with Crippen LogP contribution in [0.1, 0.15) is 18.2 Å². The second-order valence-corrected chi connectivity index (χ2v) is 7.64. The third kappa shape index (κ3) is 5.95. The fourth-order valence-electron chi connectivity index (χ4n) is 3.50. The molecular formula is C24H26FN9O. The van der Waals surface area contributed by atoms with E-state index in [1.54, 1.807) is 17.3 Å². The molecule has 0 aliphatic carbocycles. The van der Waals surface area contributed by atoms with Gasteiger partial charge in [-0.25, -0.2) is 14.8 Å². The first-order chi connectivity index (χ1) is 17.1. The molecule has 0 amide bonds. The lowest BCUT2D eigenvalue weighted by Crippen LogP contribution is -2.28. The smallest absolute Gasteiger partial charge is 0.245 e. The maximum Gasteiger partial charge on any atom is 0.245 e. The summed E-state index contributed by atoms with van der Waals surface area (Å²) in [5.41, 5.74) is 8.27. The maximum atomic E-state index is 14.1. The number of hydrogen-bond acceptors (Lipinski definition) is 9. The molecule has 0 aliphatic heterocycles. The first kappa shape index (κ1) is 23.8. The summed E-state index contributed by atoms with van der Waals surface area (Å²) in [5, 5.41) is 23.6. The van der Waals surface area contributed by atoms with E-state index in [4.69, 9.17) is 5.11 Å². The van der Waals surface area contributed by atoms with E-state index < -0.39 is 5.82 Å². The first-order valence-electron chi connectivity index (χ1n) is 11.1. The minimum Gasteiger partial charge on any atom is -0.395 e. The van der Waals surface area contributed by atoms with Gasteiger partial charge in [-0.15, -0.1) is 0 Å². The van der Waals surface area contributed by atoms with Gasteiger partial charge in [0.1, 0.15) is 0 Å². The molecular weight excluding hydrogens is 449 g/mol. The van der Waals surface area contributed by atoms with Crippen molar-refractivity contribution in [3.8, 4) is 11.3 Å². The minimum atomic E-state index is -0.564. The number of aliphatic hydroxyl groups is 1. The number of benzene rings is 1. The monoisotopic (exact) mass is 475 g/mol. The van der Waals surface area contributed by atoms with E-state index in [9.17, 15) is 4.39 Å². The second-order valence-electron chi connectivity index (χ2n) is 7.64. The molecule has 10 nitrogen and oxygen atoms in total. The number of aromatic nitrogens is 5. The van der Waals surface area contributed by atoms with Gasteiger partial charge in [0.05, 0.1) is 42.3 Å². The summed E-state index contributed by atoms with van der Waals surface area (Å²) in [6.45, 7) is 4.56. The Labute approximate surface area is 202 Å². The number of aliphatic hydroxyl groups excluding tert-OH is 1. The Morgan fingerprint density at radius 1 is 1.14 bits per heavy atom. The molecule has 0 fully saturated rings. The number of H-pyrrole nitrogens is 1. The molecule has 3 heterocycles. The molecule has 3 aromatic heterocycles. The number of likely N-dealkylation sites (N-methyl/N-ethyl adjacent to an activating group) is 1. The summed E-state index contributed by atoms with van der Waals surface area (Å²) < 4.78 is 14.1. The summed E-state index contributed by atoms with van der Waals surface area (Å²) in [5.74, 6) is -0.317. The number of halogens is 1. The second kappa shape index (κ2) is 11.2. The lowest BCUT2D eigenvalue weighted by atomic mass is 10.1. The van der Waals surface area contributed by atoms with Crippen molar-refractivity contribution in [2.45, 2.75) is 13.8 Å². The molecule has 4 N–H and O–H groups in total. The Morgan fingerprint density at radius 3 is 2.69 bits per heavy atom. The molecule has 0 aliphatic rings. The molecule has 180 valence electrons. The zero-order valence-corrected chi connectivity index (χ0v) is 19.4. The van der Waals surface area contributed by atoms with Crippen LogP contribution in [0.15, 0.2) is 60.1 Å². The zero-order valence-electron chi connectivity index (χ0n) is 19.4. The van der Waals surface area contributed by atoms with E-state index in [0.29, 0.717) is 12.2 Å². The number of aromatic amines is 1. The Balaban J connectivity index is 1.37. The number of nitrogens with zero attached hydrogens (tertiary/aromatic N) is 6. The maximum absolute atomic E-state index is 14.1. The number of anilines is 4. The van der Waals surface area contributed by atoms with Crippen LogP contribution in [-0.4, -0.2) is 56.2 Å². The van der Waals surface area contributed by atoms with Crippen molar-refractivity contribution in [3.63, 3.8) is 0 Å². The standard InChI is InChI=1S/C24H26FN9O/c1-3-34(10-11-35)23-21(25)15-27-24(31-23)33-29-14-18-4-5-19(13-26-18)30-17-6-7-20(16(2)12-17)22-8-9-28-32-22/h4-9,12-15,30,35H,3,10-11H2,1-2H3,(H,28,32)(H,27,31,33)/b29-14+. The Hall–Kier alpha value is -4.38. The number of pyridine rings is 1. The van der Waals surface area contributed by atoms with E-state index in [2.05, 4.69) is 47.1 Å². The molecule has 0 bridgehead atoms. The van der Waals surface area contributed by atoms with Crippen molar-refractivity contribution in [1.29, 1.82) is 0 Å². The molecule has 4 aromatic rings. The van der Waals surface area contributed by atoms with Gasteiger partial charge in [0.25, 0.3) is 0 Å². The van der Waals surface area contributed by atoms with Crippen molar-refractivity contribution in [2.75, 3.05) is 35.3 Å². The highest BCUT2D eigenvalue weighted by Gasteiger charge is 2.13. The number of nitrogens with one attached hydrogen (secondary N) is 3. The summed E-state index contributed by atoms with van der Waals surface area (Å²) in [4.78, 5) is 14.1. The fraction of sp³-hybridized carbons (Fsp3) is 0.208. The molecule has 0 radical (unpaired) electrons. The van der Waals surface area contributed by atoms with Crippen molar-refractivity contribution in [2.24, 2.45) is 5.10 Å². The van der Waals surface area contributed by atoms with Crippen LogP contribution in [0.4, 0.5) is 27.5 Å². The molecule has 0 unspecified atom stereocenters. The molecule has 0 saturated heterocycles. The Bertz CT molecular complexity index is 1280. The van der Waals surface area contributed by atoms with Crippen LogP contribution in [0.25, 0.3) is 11.3 Å². The highest BCUT2D eigenvalue weighted by molar-refractivity contribution is 5.78. The molecule has 35 heavy (non-hydrogen) atoms. The van der Waals surface area contributed by atoms with Gasteiger partial charge in [0.15, 0.2) is 11.6 Å². The van der Waals surface area contributed by atoms with Gasteiger partial charge in [-0.2, -0.15) is 15.2 Å². The van der Waals surface area contributed by atoms with Crippen LogP contribution in [0.5, 0.6) is 0 Å². The van der Waals surface area contributed by atoms with E-state index in [1.807, 2.05) is 44.2 Å². The highest BCUT2D eigenvalue weighted by Crippen LogP contribution is 2.25. The lowest BCUT2D eigenvalue weighted by Gasteiger charge is -2.21. The summed E-state index contributed by atoms with van der Waals surface area (Å²) in [6.07, 6.45) is 6.03. The van der Waals surface area contributed by atoms with E-state index in [1.165, 1.54) is 6.21 Å². The van der Waals surface area contributed by atoms with Gasteiger partial charge in [-0.05, 0) is 49.7 Å². The molecule has 0 atom stereocenters. The molecule has 0 saturated carbocycles. The third-order valence-electron chi connectivity index (χ3n) is 5.23. The third-order valence-corrected chi connectivity index (χ3v) is 5.23. The number of hydrogen-bond donors (Lipinski definition) is 4. The van der Waals surface area contributed by atoms with Gasteiger partial charge in [-0.3, -0.25) is 10.1 Å². The lowest BCUT2D eigenvalue weighted by molar-refractivity contribution is 0.301. The number of rotatable bonds is 10. The number of aryl methyl sites for hydroxylation is 1.